The van der Waals surface area contributed by atoms with Crippen LogP contribution < -0.4 is 5.11 Å². The van der Waals surface area contributed by atoms with Crippen LogP contribution in [0.25, 0.3) is 0 Å². The van der Waals surface area contributed by atoms with Crippen LogP contribution in [0.1, 0.15) is 19.8 Å². The number of hydrogen-bond donors (Lipinski definition) is 1. The summed E-state index contributed by atoms with van der Waals surface area (Å²) in [5.74, 6) is -1.08. The topological polar surface area (TPSA) is 60.4 Å². The lowest BCUT2D eigenvalue weighted by atomic mass is 10.4. The van der Waals surface area contributed by atoms with Crippen LogP contribution in [-0.2, 0) is 4.79 Å². The minimum atomic E-state index is -1.08. The Kier molecular flexibility index (Phi) is 9.98. The number of aliphatic carboxylic acids is 1. The molecular formula is C9H21O3P. The summed E-state index contributed by atoms with van der Waals surface area (Å²) >= 11 is 0. The lowest BCUT2D eigenvalue weighted by Crippen LogP contribution is -2.16. The summed E-state index contributed by atoms with van der Waals surface area (Å²) in [6.07, 6.45) is 3.51. The summed E-state index contributed by atoms with van der Waals surface area (Å²) in [7, 11) is -0.557. The molecule has 13 heavy (non-hydrogen) atoms. The minimum absolute atomic E-state index is 0.361. The van der Waals surface area contributed by atoms with E-state index < -0.39 is 13.2 Å². The average Bonchev–Trinajstić information content (AvgIpc) is 1.83. The average molecular weight is 208 g/mol. The predicted octanol–water partition coefficient (Wildman–Crippen LogP) is 0.422. The maximum Gasteiger partial charge on any atom is 0.0587 e. The third-order valence-electron chi connectivity index (χ3n) is 1.24. The molecule has 0 aromatic rings. The van der Waals surface area contributed by atoms with Gasteiger partial charge in [0.1, 0.15) is 0 Å². The van der Waals surface area contributed by atoms with Crippen molar-refractivity contribution in [3.63, 3.8) is 0 Å². The quantitative estimate of drug-likeness (QED) is 0.538. The molecule has 0 fully saturated rings. The van der Waals surface area contributed by atoms with Gasteiger partial charge in [0.05, 0.1) is 6.16 Å². The standard InChI is InChI=1S/C7H18OP.C2H4O2/c1-9(2,3)7-5-4-6-8;1-2(3)4/h8H,4-7H2,1-3H3;1H3,(H,3,4)/q+1;/p-1. The molecule has 0 spiro atoms. The molecular weight excluding hydrogens is 187 g/mol. The van der Waals surface area contributed by atoms with Crippen LogP contribution in [0.5, 0.6) is 0 Å². The van der Waals surface area contributed by atoms with Crippen LogP contribution >= 0.6 is 7.26 Å². The Labute approximate surface area is 81.5 Å². The van der Waals surface area contributed by atoms with Crippen LogP contribution in [0.15, 0.2) is 0 Å². The van der Waals surface area contributed by atoms with Gasteiger partial charge >= 0.3 is 0 Å². The summed E-state index contributed by atoms with van der Waals surface area (Å²) in [5, 5.41) is 17.4. The second-order valence-electron chi connectivity index (χ2n) is 3.94. The molecule has 1 N–H and O–H groups in total. The summed E-state index contributed by atoms with van der Waals surface area (Å²) in [5.41, 5.74) is 0. The van der Waals surface area contributed by atoms with Crippen molar-refractivity contribution in [2.45, 2.75) is 19.8 Å². The molecule has 0 aliphatic heterocycles. The number of aliphatic hydroxyl groups is 1. The van der Waals surface area contributed by atoms with Crippen molar-refractivity contribution in [1.29, 1.82) is 0 Å². The van der Waals surface area contributed by atoms with Crippen molar-refractivity contribution in [2.75, 3.05) is 32.8 Å². The van der Waals surface area contributed by atoms with Gasteiger partial charge in [0.15, 0.2) is 0 Å². The number of carboxylic acids is 1. The summed E-state index contributed by atoms with van der Waals surface area (Å²) in [6, 6.07) is 0. The SMILES string of the molecule is CC(=O)[O-].C[P+](C)(C)CCCCO. The first-order valence-electron chi connectivity index (χ1n) is 4.38. The fourth-order valence-electron chi connectivity index (χ4n) is 0.698. The smallest absolute Gasteiger partial charge is 0.0587 e. The lowest BCUT2D eigenvalue weighted by molar-refractivity contribution is -0.302. The molecule has 3 nitrogen and oxygen atoms in total. The van der Waals surface area contributed by atoms with E-state index >= 15 is 0 Å². The Hall–Kier alpha value is -0.140. The molecule has 0 rings (SSSR count). The van der Waals surface area contributed by atoms with Crippen LogP contribution in [0.3, 0.4) is 0 Å². The number of carbonyl (C=O) groups is 1. The zero-order valence-electron chi connectivity index (χ0n) is 9.04. The van der Waals surface area contributed by atoms with Gasteiger partial charge in [-0.2, -0.15) is 0 Å². The third-order valence-corrected chi connectivity index (χ3v) is 2.89. The van der Waals surface area contributed by atoms with E-state index in [0.717, 1.165) is 13.3 Å². The zero-order valence-corrected chi connectivity index (χ0v) is 9.93. The van der Waals surface area contributed by atoms with Gasteiger partial charge in [0, 0.05) is 39.8 Å². The highest BCUT2D eigenvalue weighted by Crippen LogP contribution is 2.46. The maximum absolute atomic E-state index is 8.89. The first-order valence-corrected chi connectivity index (χ1v) is 7.70. The van der Waals surface area contributed by atoms with Crippen LogP contribution in [0, 0.1) is 0 Å². The predicted molar refractivity (Wildman–Crippen MR) is 56.6 cm³/mol. The number of rotatable bonds is 4. The van der Waals surface area contributed by atoms with E-state index in [4.69, 9.17) is 15.0 Å². The van der Waals surface area contributed by atoms with E-state index in [0.29, 0.717) is 6.61 Å². The summed E-state index contributed by atoms with van der Waals surface area (Å²) in [6.45, 7) is 8.35. The Morgan fingerprint density at radius 3 is 1.92 bits per heavy atom. The molecule has 0 heterocycles. The lowest BCUT2D eigenvalue weighted by Gasteiger charge is -2.09. The van der Waals surface area contributed by atoms with E-state index in [2.05, 4.69) is 20.0 Å². The Bertz CT molecular complexity index is 125. The molecule has 0 aromatic heterocycles. The molecule has 0 radical (unpaired) electrons. The summed E-state index contributed by atoms with van der Waals surface area (Å²) in [4.78, 5) is 8.89. The van der Waals surface area contributed by atoms with Crippen molar-refractivity contribution in [1.82, 2.24) is 0 Å². The van der Waals surface area contributed by atoms with Gasteiger partial charge in [-0.15, -0.1) is 0 Å². The van der Waals surface area contributed by atoms with E-state index in [-0.39, 0.29) is 0 Å². The number of hydrogen-bond acceptors (Lipinski definition) is 3. The normalized spacial score (nSPS) is 10.2. The number of unbranched alkanes of at least 4 members (excludes halogenated alkanes) is 1. The molecule has 0 bridgehead atoms. The second-order valence-corrected chi connectivity index (χ2v) is 8.96. The Morgan fingerprint density at radius 2 is 1.69 bits per heavy atom. The first-order chi connectivity index (χ1) is 5.79. The maximum atomic E-state index is 8.89. The van der Waals surface area contributed by atoms with E-state index in [1.165, 1.54) is 12.6 Å². The highest BCUT2D eigenvalue weighted by molar-refractivity contribution is 7.73. The van der Waals surface area contributed by atoms with Gasteiger partial charge < -0.3 is 15.0 Å². The van der Waals surface area contributed by atoms with E-state index in [1.807, 2.05) is 0 Å². The van der Waals surface area contributed by atoms with Crippen molar-refractivity contribution >= 4 is 13.2 Å². The van der Waals surface area contributed by atoms with Gasteiger partial charge in [-0.3, -0.25) is 0 Å². The number of aliphatic hydroxyl groups excluding tert-OH is 1. The fraction of sp³-hybridized carbons (Fsp3) is 0.889. The molecule has 0 aliphatic carbocycles. The molecule has 0 saturated heterocycles. The van der Waals surface area contributed by atoms with Gasteiger partial charge in [-0.1, -0.05) is 0 Å². The largest absolute Gasteiger partial charge is 0.550 e. The van der Waals surface area contributed by atoms with E-state index in [1.54, 1.807) is 0 Å². The van der Waals surface area contributed by atoms with Crippen molar-refractivity contribution in [2.24, 2.45) is 0 Å². The molecule has 80 valence electrons. The van der Waals surface area contributed by atoms with Crippen LogP contribution in [-0.4, -0.2) is 43.8 Å². The Morgan fingerprint density at radius 1 is 1.31 bits per heavy atom. The molecule has 4 heteroatoms. The molecule has 0 aromatic carbocycles. The van der Waals surface area contributed by atoms with Crippen molar-refractivity contribution in [3.8, 4) is 0 Å². The molecule has 0 atom stereocenters. The van der Waals surface area contributed by atoms with Gasteiger partial charge in [-0.25, -0.2) is 0 Å². The third kappa shape index (κ3) is 33.6. The summed E-state index contributed by atoms with van der Waals surface area (Å²) < 4.78 is 0. The minimum Gasteiger partial charge on any atom is -0.550 e. The number of carboxylic acid groups (broad SMARTS) is 1. The number of carbonyl (C=O) groups excluding carboxylic acids is 1. The van der Waals surface area contributed by atoms with Crippen molar-refractivity contribution < 1.29 is 15.0 Å². The van der Waals surface area contributed by atoms with Gasteiger partial charge in [-0.05, 0) is 19.8 Å². The molecule has 0 unspecified atom stereocenters. The fourth-order valence-corrected chi connectivity index (χ4v) is 1.87. The van der Waals surface area contributed by atoms with Crippen LogP contribution in [0.2, 0.25) is 0 Å². The molecule has 0 aliphatic rings. The molecule has 0 saturated carbocycles. The molecule has 0 amide bonds. The first kappa shape index (κ1) is 15.3. The van der Waals surface area contributed by atoms with Gasteiger partial charge in [0.2, 0.25) is 0 Å². The van der Waals surface area contributed by atoms with E-state index in [9.17, 15) is 0 Å². The monoisotopic (exact) mass is 208 g/mol. The zero-order chi connectivity index (χ0) is 10.9. The highest BCUT2D eigenvalue weighted by Gasteiger charge is 2.14. The van der Waals surface area contributed by atoms with Gasteiger partial charge in [0.25, 0.3) is 0 Å². The van der Waals surface area contributed by atoms with Crippen molar-refractivity contribution in [3.05, 3.63) is 0 Å². The van der Waals surface area contributed by atoms with Crippen LogP contribution in [0.4, 0.5) is 0 Å². The Balaban J connectivity index is 0. The second kappa shape index (κ2) is 8.46. The highest BCUT2D eigenvalue weighted by atomic mass is 31.2.